The van der Waals surface area contributed by atoms with Gasteiger partial charge in [0.2, 0.25) is 5.76 Å². The average molecular weight is 432 g/mol. The van der Waals surface area contributed by atoms with Gasteiger partial charge >= 0.3 is 0 Å². The van der Waals surface area contributed by atoms with E-state index in [1.165, 1.54) is 17.0 Å². The maximum absolute atomic E-state index is 13.9. The summed E-state index contributed by atoms with van der Waals surface area (Å²) in [4.78, 5) is 28.3. The predicted octanol–water partition coefficient (Wildman–Crippen LogP) is 5.28. The monoisotopic (exact) mass is 432 g/mol. The van der Waals surface area contributed by atoms with Crippen molar-refractivity contribution in [2.75, 3.05) is 4.90 Å². The zero-order chi connectivity index (χ0) is 22.8. The maximum Gasteiger partial charge on any atom is 0.296 e. The largest absolute Gasteiger partial charge is 0.450 e. The Bertz CT molecular complexity index is 1430. The standard InChI is InChI=1S/C25H21FN2O4/c1-13-11-19(27-32-13)28-21(14-5-7-15(8-6-14)25(2,3)4)20-22(29)17-12-16(26)9-10-18(17)31-23(20)24(28)30/h5-12,21H,1-4H3. The van der Waals surface area contributed by atoms with Gasteiger partial charge in [0.05, 0.1) is 17.0 Å². The van der Waals surface area contributed by atoms with Gasteiger partial charge < -0.3 is 8.94 Å². The van der Waals surface area contributed by atoms with Crippen molar-refractivity contribution in [3.05, 3.63) is 92.8 Å². The Hall–Kier alpha value is -3.74. The van der Waals surface area contributed by atoms with Crippen LogP contribution in [0.3, 0.4) is 0 Å². The normalized spacial score (nSPS) is 16.1. The molecule has 6 nitrogen and oxygen atoms in total. The van der Waals surface area contributed by atoms with Crippen LogP contribution in [0.2, 0.25) is 0 Å². The number of rotatable bonds is 2. The first-order valence-corrected chi connectivity index (χ1v) is 10.3. The van der Waals surface area contributed by atoms with Crippen LogP contribution in [0.15, 0.2) is 62.3 Å². The Kier molecular flexibility index (Phi) is 4.34. The molecule has 5 rings (SSSR count). The summed E-state index contributed by atoms with van der Waals surface area (Å²) >= 11 is 0. The summed E-state index contributed by atoms with van der Waals surface area (Å²) in [5.74, 6) is -0.319. The van der Waals surface area contributed by atoms with E-state index in [0.717, 1.165) is 11.6 Å². The maximum atomic E-state index is 13.9. The lowest BCUT2D eigenvalue weighted by atomic mass is 9.86. The van der Waals surface area contributed by atoms with Gasteiger partial charge in [-0.3, -0.25) is 14.5 Å². The first-order chi connectivity index (χ1) is 15.1. The van der Waals surface area contributed by atoms with E-state index in [2.05, 4.69) is 25.9 Å². The van der Waals surface area contributed by atoms with Crippen molar-refractivity contribution in [3.63, 3.8) is 0 Å². The minimum absolute atomic E-state index is 0.0579. The summed E-state index contributed by atoms with van der Waals surface area (Å²) in [5.41, 5.74) is 1.65. The molecule has 1 atom stereocenters. The highest BCUT2D eigenvalue weighted by atomic mass is 19.1. The molecule has 0 radical (unpaired) electrons. The van der Waals surface area contributed by atoms with Crippen molar-refractivity contribution < 1.29 is 18.1 Å². The highest BCUT2D eigenvalue weighted by molar-refractivity contribution is 6.10. The number of carbonyl (C=O) groups is 1. The zero-order valence-electron chi connectivity index (χ0n) is 18.1. The van der Waals surface area contributed by atoms with Crippen LogP contribution in [0.25, 0.3) is 11.0 Å². The Morgan fingerprint density at radius 3 is 2.38 bits per heavy atom. The van der Waals surface area contributed by atoms with Gasteiger partial charge in [-0.05, 0) is 41.7 Å². The Labute approximate surface area is 183 Å². The van der Waals surface area contributed by atoms with Gasteiger partial charge in [0.15, 0.2) is 11.2 Å². The van der Waals surface area contributed by atoms with Crippen molar-refractivity contribution in [1.82, 2.24) is 5.16 Å². The Morgan fingerprint density at radius 2 is 1.75 bits per heavy atom. The van der Waals surface area contributed by atoms with E-state index in [4.69, 9.17) is 8.94 Å². The number of carbonyl (C=O) groups excluding carboxylic acids is 1. The van der Waals surface area contributed by atoms with Crippen molar-refractivity contribution in [3.8, 4) is 0 Å². The number of hydrogen-bond donors (Lipinski definition) is 0. The fourth-order valence-electron chi connectivity index (χ4n) is 4.13. The molecule has 1 unspecified atom stereocenters. The van der Waals surface area contributed by atoms with Crippen LogP contribution in [0.5, 0.6) is 0 Å². The number of aromatic nitrogens is 1. The molecule has 1 aliphatic heterocycles. The molecule has 0 saturated heterocycles. The molecule has 162 valence electrons. The lowest BCUT2D eigenvalue weighted by Gasteiger charge is -2.24. The lowest BCUT2D eigenvalue weighted by Crippen LogP contribution is -2.29. The SMILES string of the molecule is Cc1cc(N2C(=O)c3oc4ccc(F)cc4c(=O)c3C2c2ccc(C(C)(C)C)cc2)no1. The minimum atomic E-state index is -0.778. The first kappa shape index (κ1) is 20.2. The van der Waals surface area contributed by atoms with Crippen LogP contribution < -0.4 is 10.3 Å². The van der Waals surface area contributed by atoms with Crippen molar-refractivity contribution in [2.45, 2.75) is 39.2 Å². The summed E-state index contributed by atoms with van der Waals surface area (Å²) in [6, 6.07) is 12.3. The number of nitrogens with zero attached hydrogens (tertiary/aromatic N) is 2. The van der Waals surface area contributed by atoms with Gasteiger partial charge in [-0.25, -0.2) is 4.39 Å². The molecular formula is C25H21FN2O4. The van der Waals surface area contributed by atoms with Gasteiger partial charge in [-0.1, -0.05) is 50.2 Å². The molecular weight excluding hydrogens is 411 g/mol. The van der Waals surface area contributed by atoms with Gasteiger partial charge in [0.25, 0.3) is 5.91 Å². The summed E-state index contributed by atoms with van der Waals surface area (Å²) < 4.78 is 24.9. The van der Waals surface area contributed by atoms with E-state index < -0.39 is 23.2 Å². The zero-order valence-corrected chi connectivity index (χ0v) is 18.1. The quantitative estimate of drug-likeness (QED) is 0.431. The van der Waals surface area contributed by atoms with Crippen LogP contribution in [-0.2, 0) is 5.41 Å². The summed E-state index contributed by atoms with van der Waals surface area (Å²) in [6.07, 6.45) is 0. The van der Waals surface area contributed by atoms with E-state index in [-0.39, 0.29) is 33.5 Å². The fraction of sp³-hybridized carbons (Fsp3) is 0.240. The highest BCUT2D eigenvalue weighted by Gasteiger charge is 2.45. The van der Waals surface area contributed by atoms with Gasteiger partial charge in [-0.15, -0.1) is 0 Å². The fourth-order valence-corrected chi connectivity index (χ4v) is 4.13. The topological polar surface area (TPSA) is 76.6 Å². The molecule has 4 aromatic rings. The highest BCUT2D eigenvalue weighted by Crippen LogP contribution is 2.41. The average Bonchev–Trinajstić information content (AvgIpc) is 3.29. The first-order valence-electron chi connectivity index (χ1n) is 10.3. The molecule has 0 aliphatic carbocycles. The lowest BCUT2D eigenvalue weighted by molar-refractivity contribution is 0.0969. The van der Waals surface area contributed by atoms with E-state index in [1.807, 2.05) is 24.3 Å². The number of hydrogen-bond acceptors (Lipinski definition) is 5. The van der Waals surface area contributed by atoms with Crippen molar-refractivity contribution >= 4 is 22.7 Å². The van der Waals surface area contributed by atoms with Crippen LogP contribution in [0, 0.1) is 12.7 Å². The van der Waals surface area contributed by atoms with E-state index in [1.54, 1.807) is 13.0 Å². The predicted molar refractivity (Wildman–Crippen MR) is 117 cm³/mol. The van der Waals surface area contributed by atoms with Gasteiger partial charge in [0, 0.05) is 6.07 Å². The van der Waals surface area contributed by atoms with Crippen LogP contribution in [0.1, 0.15) is 59.8 Å². The molecule has 32 heavy (non-hydrogen) atoms. The number of aryl methyl sites for hydroxylation is 1. The molecule has 0 bridgehead atoms. The second-order valence-electron chi connectivity index (χ2n) is 9.06. The van der Waals surface area contributed by atoms with Crippen molar-refractivity contribution in [2.24, 2.45) is 0 Å². The third-order valence-corrected chi connectivity index (χ3v) is 5.79. The molecule has 0 spiro atoms. The second-order valence-corrected chi connectivity index (χ2v) is 9.06. The molecule has 2 aromatic heterocycles. The molecule has 0 saturated carbocycles. The molecule has 1 amide bonds. The number of anilines is 1. The van der Waals surface area contributed by atoms with Crippen LogP contribution >= 0.6 is 0 Å². The smallest absolute Gasteiger partial charge is 0.296 e. The van der Waals surface area contributed by atoms with Gasteiger partial charge in [0.1, 0.15) is 17.2 Å². The Morgan fingerprint density at radius 1 is 1.03 bits per heavy atom. The second kappa shape index (κ2) is 6.88. The third-order valence-electron chi connectivity index (χ3n) is 5.79. The molecule has 3 heterocycles. The third kappa shape index (κ3) is 3.04. The Balaban J connectivity index is 1.77. The number of fused-ring (bicyclic) bond motifs is 2. The molecule has 1 aliphatic rings. The number of amides is 1. The summed E-state index contributed by atoms with van der Waals surface area (Å²) in [7, 11) is 0. The summed E-state index contributed by atoms with van der Waals surface area (Å²) in [6.45, 7) is 8.04. The van der Waals surface area contributed by atoms with E-state index >= 15 is 0 Å². The molecule has 0 N–H and O–H groups in total. The molecule has 2 aromatic carbocycles. The summed E-state index contributed by atoms with van der Waals surface area (Å²) in [5, 5.41) is 4.09. The molecule has 0 fully saturated rings. The van der Waals surface area contributed by atoms with Crippen molar-refractivity contribution in [1.29, 1.82) is 0 Å². The minimum Gasteiger partial charge on any atom is -0.450 e. The van der Waals surface area contributed by atoms with E-state index in [9.17, 15) is 14.0 Å². The van der Waals surface area contributed by atoms with Gasteiger partial charge in [-0.2, -0.15) is 0 Å². The van der Waals surface area contributed by atoms with E-state index in [0.29, 0.717) is 11.3 Å². The number of benzene rings is 2. The molecule has 7 heteroatoms. The van der Waals surface area contributed by atoms with Crippen LogP contribution in [0.4, 0.5) is 10.2 Å². The van der Waals surface area contributed by atoms with Crippen LogP contribution in [-0.4, -0.2) is 11.1 Å². The number of halogens is 1.